The van der Waals surface area contributed by atoms with Crippen LogP contribution in [0.25, 0.3) is 0 Å². The highest BCUT2D eigenvalue weighted by molar-refractivity contribution is 7.99. The summed E-state index contributed by atoms with van der Waals surface area (Å²) < 4.78 is 31.7. The van der Waals surface area contributed by atoms with Crippen molar-refractivity contribution in [1.29, 1.82) is 0 Å². The number of alkyl halides is 2. The summed E-state index contributed by atoms with van der Waals surface area (Å²) in [5.74, 6) is 0.600. The number of hydrogen-bond donors (Lipinski definition) is 0. The van der Waals surface area contributed by atoms with Gasteiger partial charge in [0.05, 0.1) is 0 Å². The third-order valence-corrected chi connectivity index (χ3v) is 5.07. The molecule has 0 radical (unpaired) electrons. The minimum Gasteiger partial charge on any atom is -0.444 e. The molecular weight excluding hydrogens is 332 g/mol. The summed E-state index contributed by atoms with van der Waals surface area (Å²) in [6, 6.07) is 6.58. The average Bonchev–Trinajstić information content (AvgIpc) is 2.51. The Morgan fingerprint density at radius 1 is 1.33 bits per heavy atom. The molecule has 1 aromatic carbocycles. The van der Waals surface area contributed by atoms with Gasteiger partial charge in [-0.3, -0.25) is 0 Å². The Labute approximate surface area is 146 Å². The van der Waals surface area contributed by atoms with Gasteiger partial charge >= 0.3 is 6.09 Å². The van der Waals surface area contributed by atoms with Crippen molar-refractivity contribution in [1.82, 2.24) is 4.90 Å². The molecule has 1 heterocycles. The standard InChI is InChI=1S/C18H25F2NO2S/c1-18(2,3)23-17(22)21-11-7-6-8-13(21)12-24-15-10-5-4-9-14(15)16(19)20/h4-5,9-10,13,16H,6-8,11-12H2,1-3H3. The lowest BCUT2D eigenvalue weighted by Crippen LogP contribution is -2.47. The Balaban J connectivity index is 2.03. The zero-order valence-electron chi connectivity index (χ0n) is 14.4. The van der Waals surface area contributed by atoms with Crippen molar-refractivity contribution < 1.29 is 18.3 Å². The predicted octanol–water partition coefficient (Wildman–Crippen LogP) is 5.51. The third kappa shape index (κ3) is 5.36. The second-order valence-electron chi connectivity index (χ2n) is 6.97. The highest BCUT2D eigenvalue weighted by Gasteiger charge is 2.30. The van der Waals surface area contributed by atoms with Gasteiger partial charge in [0.2, 0.25) is 0 Å². The number of halogens is 2. The first kappa shape index (κ1) is 19.0. The molecule has 1 amide bonds. The van der Waals surface area contributed by atoms with Crippen LogP contribution in [0.1, 0.15) is 52.0 Å². The summed E-state index contributed by atoms with van der Waals surface area (Å²) in [6.07, 6.45) is 0.0787. The average molecular weight is 357 g/mol. The highest BCUT2D eigenvalue weighted by atomic mass is 32.2. The first-order valence-electron chi connectivity index (χ1n) is 8.27. The van der Waals surface area contributed by atoms with Crippen molar-refractivity contribution in [2.75, 3.05) is 12.3 Å². The van der Waals surface area contributed by atoms with E-state index in [0.717, 1.165) is 19.3 Å². The van der Waals surface area contributed by atoms with Crippen molar-refractivity contribution in [3.63, 3.8) is 0 Å². The zero-order valence-corrected chi connectivity index (χ0v) is 15.2. The summed E-state index contributed by atoms with van der Waals surface area (Å²) in [5.41, 5.74) is -0.476. The van der Waals surface area contributed by atoms with Gasteiger partial charge < -0.3 is 9.64 Å². The third-order valence-electron chi connectivity index (χ3n) is 3.84. The van der Waals surface area contributed by atoms with Gasteiger partial charge in [0, 0.05) is 28.8 Å². The van der Waals surface area contributed by atoms with Gasteiger partial charge in [-0.15, -0.1) is 11.8 Å². The van der Waals surface area contributed by atoms with E-state index in [1.165, 1.54) is 17.8 Å². The minimum absolute atomic E-state index is 0.0179. The van der Waals surface area contributed by atoms with E-state index in [1.54, 1.807) is 23.1 Å². The number of likely N-dealkylation sites (tertiary alicyclic amines) is 1. The van der Waals surface area contributed by atoms with Crippen molar-refractivity contribution in [2.24, 2.45) is 0 Å². The fraction of sp³-hybridized carbons (Fsp3) is 0.611. The second kappa shape index (κ2) is 8.19. The smallest absolute Gasteiger partial charge is 0.410 e. The summed E-state index contributed by atoms with van der Waals surface area (Å²) >= 11 is 1.39. The fourth-order valence-electron chi connectivity index (χ4n) is 2.71. The van der Waals surface area contributed by atoms with Crippen LogP contribution in [-0.2, 0) is 4.74 Å². The molecule has 134 valence electrons. The van der Waals surface area contributed by atoms with Crippen LogP contribution in [0.5, 0.6) is 0 Å². The van der Waals surface area contributed by atoms with Gasteiger partial charge in [-0.1, -0.05) is 18.2 Å². The van der Waals surface area contributed by atoms with Gasteiger partial charge in [-0.05, 0) is 46.1 Å². The van der Waals surface area contributed by atoms with Gasteiger partial charge in [0.15, 0.2) is 0 Å². The Bertz CT molecular complexity index is 560. The van der Waals surface area contributed by atoms with Crippen molar-refractivity contribution >= 4 is 17.9 Å². The maximum Gasteiger partial charge on any atom is 0.410 e. The SMILES string of the molecule is CC(C)(C)OC(=O)N1CCCCC1CSc1ccccc1C(F)F. The van der Waals surface area contributed by atoms with Gasteiger partial charge in [-0.25, -0.2) is 13.6 Å². The molecule has 6 heteroatoms. The fourth-order valence-corrected chi connectivity index (χ4v) is 3.93. The lowest BCUT2D eigenvalue weighted by atomic mass is 10.0. The Kier molecular flexibility index (Phi) is 6.49. The molecule has 24 heavy (non-hydrogen) atoms. The van der Waals surface area contributed by atoms with Crippen LogP contribution < -0.4 is 0 Å². The van der Waals surface area contributed by atoms with Crippen LogP contribution in [0.4, 0.5) is 13.6 Å². The number of rotatable bonds is 4. The summed E-state index contributed by atoms with van der Waals surface area (Å²) in [6.45, 7) is 6.20. The molecule has 0 aliphatic carbocycles. The van der Waals surface area contributed by atoms with Crippen LogP contribution in [0.3, 0.4) is 0 Å². The molecule has 0 aromatic heterocycles. The molecule has 2 rings (SSSR count). The molecule has 3 nitrogen and oxygen atoms in total. The molecule has 1 atom stereocenters. The van der Waals surface area contributed by atoms with Crippen molar-refractivity contribution in [3.05, 3.63) is 29.8 Å². The molecule has 1 aliphatic heterocycles. The van der Waals surface area contributed by atoms with E-state index in [2.05, 4.69) is 0 Å². The number of benzene rings is 1. The number of carbonyl (C=O) groups excluding carboxylic acids is 1. The molecule has 0 saturated carbocycles. The second-order valence-corrected chi connectivity index (χ2v) is 8.03. The van der Waals surface area contributed by atoms with Crippen molar-refractivity contribution in [2.45, 2.75) is 63.0 Å². The quantitative estimate of drug-likeness (QED) is 0.666. The summed E-state index contributed by atoms with van der Waals surface area (Å²) in [7, 11) is 0. The van der Waals surface area contributed by atoms with Crippen LogP contribution >= 0.6 is 11.8 Å². The first-order chi connectivity index (χ1) is 11.3. The molecule has 0 N–H and O–H groups in total. The molecule has 1 unspecified atom stereocenters. The summed E-state index contributed by atoms with van der Waals surface area (Å²) in [5, 5.41) is 0. The molecular formula is C18H25F2NO2S. The maximum absolute atomic E-state index is 13.1. The monoisotopic (exact) mass is 357 g/mol. The Morgan fingerprint density at radius 2 is 2.04 bits per heavy atom. The minimum atomic E-state index is -2.48. The van der Waals surface area contributed by atoms with Crippen molar-refractivity contribution in [3.8, 4) is 0 Å². The van der Waals surface area contributed by atoms with E-state index < -0.39 is 12.0 Å². The number of ether oxygens (including phenoxy) is 1. The van der Waals surface area contributed by atoms with Crippen LogP contribution in [0.2, 0.25) is 0 Å². The predicted molar refractivity (Wildman–Crippen MR) is 92.7 cm³/mol. The lowest BCUT2D eigenvalue weighted by Gasteiger charge is -2.36. The van der Waals surface area contributed by atoms with Gasteiger partial charge in [0.1, 0.15) is 5.60 Å². The van der Waals surface area contributed by atoms with Crippen LogP contribution in [0, 0.1) is 0 Å². The molecule has 1 aliphatic rings. The van der Waals surface area contributed by atoms with E-state index in [0.29, 0.717) is 17.2 Å². The van der Waals surface area contributed by atoms with E-state index in [1.807, 2.05) is 20.8 Å². The number of hydrogen-bond acceptors (Lipinski definition) is 3. The van der Waals surface area contributed by atoms with E-state index in [9.17, 15) is 13.6 Å². The Hall–Kier alpha value is -1.30. The lowest BCUT2D eigenvalue weighted by molar-refractivity contribution is 0.0125. The molecule has 0 spiro atoms. The van der Waals surface area contributed by atoms with Crippen LogP contribution in [0.15, 0.2) is 29.2 Å². The number of nitrogens with zero attached hydrogens (tertiary/aromatic N) is 1. The number of amides is 1. The number of piperidine rings is 1. The molecule has 0 bridgehead atoms. The highest BCUT2D eigenvalue weighted by Crippen LogP contribution is 2.32. The molecule has 1 aromatic rings. The summed E-state index contributed by atoms with van der Waals surface area (Å²) in [4.78, 5) is 14.7. The Morgan fingerprint density at radius 3 is 2.71 bits per heavy atom. The van der Waals surface area contributed by atoms with E-state index in [4.69, 9.17) is 4.74 Å². The topological polar surface area (TPSA) is 29.5 Å². The van der Waals surface area contributed by atoms with E-state index >= 15 is 0 Å². The largest absolute Gasteiger partial charge is 0.444 e. The maximum atomic E-state index is 13.1. The van der Waals surface area contributed by atoms with Gasteiger partial charge in [0.25, 0.3) is 6.43 Å². The first-order valence-corrected chi connectivity index (χ1v) is 9.26. The number of thioether (sulfide) groups is 1. The zero-order chi connectivity index (χ0) is 17.7. The number of carbonyl (C=O) groups is 1. The molecule has 1 saturated heterocycles. The van der Waals surface area contributed by atoms with E-state index in [-0.39, 0.29) is 17.7 Å². The normalized spacial score (nSPS) is 18.8. The van der Waals surface area contributed by atoms with Crippen LogP contribution in [-0.4, -0.2) is 34.9 Å². The molecule has 1 fully saturated rings. The van der Waals surface area contributed by atoms with Gasteiger partial charge in [-0.2, -0.15) is 0 Å².